The van der Waals surface area contributed by atoms with Gasteiger partial charge in [-0.2, -0.15) is 5.10 Å². The van der Waals surface area contributed by atoms with Crippen LogP contribution in [-0.4, -0.2) is 63.2 Å². The Morgan fingerprint density at radius 2 is 2.00 bits per heavy atom. The number of hydrazone groups is 1. The van der Waals surface area contributed by atoms with Gasteiger partial charge in [0.15, 0.2) is 5.79 Å². The molecule has 152 valence electrons. The molecule has 0 spiro atoms. The van der Waals surface area contributed by atoms with Gasteiger partial charge in [-0.15, -0.1) is 0 Å². The Balaban J connectivity index is 2.36. The van der Waals surface area contributed by atoms with Crippen molar-refractivity contribution in [3.8, 4) is 0 Å². The number of rotatable bonds is 6. The molecule has 26 heavy (non-hydrogen) atoms. The molecule has 0 amide bonds. The highest BCUT2D eigenvalue weighted by molar-refractivity contribution is 6.84. The standard InChI is InChI=1S/C20H40N2O3Si/c1-15(2)19(3,4)26(8,9)18-17(14-24-20(5,6)25-18)21-22-12-10-11-16(22)13-23-7/h15-16,18H,10-14H2,1-9H3/b21-17+/t16-,18-/m0/s1. The molecule has 0 N–H and O–H groups in total. The summed E-state index contributed by atoms with van der Waals surface area (Å²) < 4.78 is 17.9. The van der Waals surface area contributed by atoms with Gasteiger partial charge in [0.2, 0.25) is 0 Å². The second-order valence-electron chi connectivity index (χ2n) is 9.79. The van der Waals surface area contributed by atoms with E-state index in [1.54, 1.807) is 7.11 Å². The van der Waals surface area contributed by atoms with Crippen LogP contribution in [0.2, 0.25) is 18.1 Å². The summed E-state index contributed by atoms with van der Waals surface area (Å²) in [6, 6.07) is 0.367. The molecule has 2 aliphatic heterocycles. The number of nitrogens with zero attached hydrogens (tertiary/aromatic N) is 2. The second-order valence-corrected chi connectivity index (χ2v) is 15.0. The van der Waals surface area contributed by atoms with Crippen molar-refractivity contribution in [1.29, 1.82) is 0 Å². The van der Waals surface area contributed by atoms with Crippen molar-refractivity contribution in [2.24, 2.45) is 11.0 Å². The van der Waals surface area contributed by atoms with E-state index in [1.807, 2.05) is 13.8 Å². The van der Waals surface area contributed by atoms with Crippen LogP contribution < -0.4 is 0 Å². The first kappa shape index (κ1) is 21.9. The van der Waals surface area contributed by atoms with Crippen molar-refractivity contribution in [1.82, 2.24) is 5.01 Å². The highest BCUT2D eigenvalue weighted by Crippen LogP contribution is 2.48. The second kappa shape index (κ2) is 7.90. The van der Waals surface area contributed by atoms with Crippen molar-refractivity contribution in [3.63, 3.8) is 0 Å². The Hall–Kier alpha value is -0.433. The maximum atomic E-state index is 6.54. The van der Waals surface area contributed by atoms with Crippen molar-refractivity contribution >= 4 is 13.8 Å². The van der Waals surface area contributed by atoms with Crippen LogP contribution >= 0.6 is 0 Å². The third kappa shape index (κ3) is 4.34. The van der Waals surface area contributed by atoms with Gasteiger partial charge in [-0.05, 0) is 37.6 Å². The molecule has 5 nitrogen and oxygen atoms in total. The monoisotopic (exact) mass is 384 g/mol. The first-order valence-electron chi connectivity index (χ1n) is 10.1. The molecule has 2 saturated heterocycles. The van der Waals surface area contributed by atoms with E-state index in [-0.39, 0.29) is 10.8 Å². The molecule has 0 aliphatic carbocycles. The molecule has 2 atom stereocenters. The number of hydrogen-bond donors (Lipinski definition) is 0. The van der Waals surface area contributed by atoms with Crippen LogP contribution in [0, 0.1) is 5.92 Å². The molecule has 2 aliphatic rings. The van der Waals surface area contributed by atoms with Crippen LogP contribution in [0.3, 0.4) is 0 Å². The summed E-state index contributed by atoms with van der Waals surface area (Å²) in [5.74, 6) is 0.0332. The minimum Gasteiger partial charge on any atom is -0.382 e. The van der Waals surface area contributed by atoms with E-state index in [0.29, 0.717) is 18.6 Å². The first-order chi connectivity index (χ1) is 11.9. The van der Waals surface area contributed by atoms with Crippen LogP contribution in [0.15, 0.2) is 5.10 Å². The summed E-state index contributed by atoms with van der Waals surface area (Å²) in [5.41, 5.74) is 1.13. The van der Waals surface area contributed by atoms with Crippen molar-refractivity contribution in [3.05, 3.63) is 0 Å². The van der Waals surface area contributed by atoms with Crippen molar-refractivity contribution < 1.29 is 14.2 Å². The van der Waals surface area contributed by atoms with Gasteiger partial charge in [-0.1, -0.05) is 40.8 Å². The van der Waals surface area contributed by atoms with Gasteiger partial charge in [-0.3, -0.25) is 5.01 Å². The van der Waals surface area contributed by atoms with E-state index in [9.17, 15) is 0 Å². The average Bonchev–Trinajstić information content (AvgIpc) is 2.96. The van der Waals surface area contributed by atoms with E-state index in [0.717, 1.165) is 25.3 Å². The van der Waals surface area contributed by atoms with Gasteiger partial charge in [0, 0.05) is 13.7 Å². The van der Waals surface area contributed by atoms with Gasteiger partial charge in [0.05, 0.1) is 38.8 Å². The fourth-order valence-electron chi connectivity index (χ4n) is 3.92. The van der Waals surface area contributed by atoms with Gasteiger partial charge in [0.1, 0.15) is 0 Å². The van der Waals surface area contributed by atoms with Gasteiger partial charge >= 0.3 is 0 Å². The predicted molar refractivity (Wildman–Crippen MR) is 110 cm³/mol. The molecule has 0 radical (unpaired) electrons. The van der Waals surface area contributed by atoms with Gasteiger partial charge in [-0.25, -0.2) is 0 Å². The third-order valence-electron chi connectivity index (χ3n) is 6.99. The maximum Gasteiger partial charge on any atom is 0.163 e. The first-order valence-corrected chi connectivity index (χ1v) is 13.1. The minimum absolute atomic E-state index is 0.0624. The third-order valence-corrected chi connectivity index (χ3v) is 12.7. The summed E-state index contributed by atoms with van der Waals surface area (Å²) in [5, 5.41) is 7.51. The molecule has 2 rings (SSSR count). The fraction of sp³-hybridized carbons (Fsp3) is 0.950. The smallest absolute Gasteiger partial charge is 0.163 e. The van der Waals surface area contributed by atoms with E-state index in [1.165, 1.54) is 6.42 Å². The molecular weight excluding hydrogens is 344 g/mol. The van der Waals surface area contributed by atoms with Crippen LogP contribution in [-0.2, 0) is 14.2 Å². The Morgan fingerprint density at radius 1 is 1.35 bits per heavy atom. The lowest BCUT2D eigenvalue weighted by Crippen LogP contribution is -2.63. The van der Waals surface area contributed by atoms with E-state index >= 15 is 0 Å². The molecule has 2 fully saturated rings. The number of methoxy groups -OCH3 is 1. The summed E-state index contributed by atoms with van der Waals surface area (Å²) >= 11 is 0. The summed E-state index contributed by atoms with van der Waals surface area (Å²) in [6.07, 6.45) is 2.31. The molecule has 0 unspecified atom stereocenters. The zero-order valence-corrected chi connectivity index (χ0v) is 19.4. The molecule has 0 aromatic rings. The SMILES string of the molecule is COC[C@@H]1CCCN1/N=C1\COC(C)(C)O[C@H]1[Si](C)(C)C(C)(C)C(C)C. The van der Waals surface area contributed by atoms with Crippen LogP contribution in [0.1, 0.15) is 54.4 Å². The number of hydrogen-bond acceptors (Lipinski definition) is 5. The van der Waals surface area contributed by atoms with Crippen LogP contribution in [0.5, 0.6) is 0 Å². The van der Waals surface area contributed by atoms with Crippen molar-refractivity contribution in [2.75, 3.05) is 26.9 Å². The van der Waals surface area contributed by atoms with E-state index in [4.69, 9.17) is 19.3 Å². The van der Waals surface area contributed by atoms with Gasteiger partial charge in [0.25, 0.3) is 0 Å². The Labute approximate surface area is 161 Å². The molecule has 0 aromatic heterocycles. The van der Waals surface area contributed by atoms with Gasteiger partial charge < -0.3 is 14.2 Å². The van der Waals surface area contributed by atoms with E-state index in [2.05, 4.69) is 45.8 Å². The quantitative estimate of drug-likeness (QED) is 0.641. The lowest BCUT2D eigenvalue weighted by molar-refractivity contribution is -0.222. The fourth-order valence-corrected chi connectivity index (χ4v) is 7.63. The molecule has 2 heterocycles. The summed E-state index contributed by atoms with van der Waals surface area (Å²) in [7, 11) is -0.0816. The predicted octanol–water partition coefficient (Wildman–Crippen LogP) is 4.29. The molecule has 6 heteroatoms. The highest BCUT2D eigenvalue weighted by atomic mass is 28.3. The molecule has 0 bridgehead atoms. The Morgan fingerprint density at radius 3 is 2.58 bits per heavy atom. The zero-order chi connectivity index (χ0) is 19.8. The van der Waals surface area contributed by atoms with E-state index < -0.39 is 13.9 Å². The Kier molecular flexibility index (Phi) is 6.64. The molecule has 0 saturated carbocycles. The lowest BCUT2D eigenvalue weighted by atomic mass is 9.99. The molecule has 0 aromatic carbocycles. The van der Waals surface area contributed by atoms with Crippen LogP contribution in [0.25, 0.3) is 0 Å². The normalized spacial score (nSPS) is 29.0. The topological polar surface area (TPSA) is 43.3 Å². The van der Waals surface area contributed by atoms with Crippen molar-refractivity contribution in [2.45, 2.75) is 90.1 Å². The highest BCUT2D eigenvalue weighted by Gasteiger charge is 2.53. The lowest BCUT2D eigenvalue weighted by Gasteiger charge is -2.51. The largest absolute Gasteiger partial charge is 0.382 e. The summed E-state index contributed by atoms with van der Waals surface area (Å²) in [6.45, 7) is 20.7. The Bertz CT molecular complexity index is 517. The summed E-state index contributed by atoms with van der Waals surface area (Å²) in [4.78, 5) is 0. The maximum absolute atomic E-state index is 6.54. The number of ether oxygens (including phenoxy) is 3. The molecular formula is C20H40N2O3Si. The van der Waals surface area contributed by atoms with Crippen LogP contribution in [0.4, 0.5) is 0 Å². The average molecular weight is 385 g/mol. The minimum atomic E-state index is -1.85. The zero-order valence-electron chi connectivity index (χ0n) is 18.4.